The summed E-state index contributed by atoms with van der Waals surface area (Å²) >= 11 is 0. The monoisotopic (exact) mass is 206 g/mol. The van der Waals surface area contributed by atoms with Crippen LogP contribution < -0.4 is 10.6 Å². The SMILES string of the molecule is CC(C)CN(C)c1cccc(C(=N)N)n1. The molecule has 0 atom stereocenters. The molecule has 0 aliphatic heterocycles. The summed E-state index contributed by atoms with van der Waals surface area (Å²) in [6.45, 7) is 5.25. The van der Waals surface area contributed by atoms with Gasteiger partial charge in [0.05, 0.1) is 0 Å². The third kappa shape index (κ3) is 3.23. The molecule has 0 radical (unpaired) electrons. The highest BCUT2D eigenvalue weighted by molar-refractivity contribution is 5.93. The van der Waals surface area contributed by atoms with E-state index in [4.69, 9.17) is 11.1 Å². The lowest BCUT2D eigenvalue weighted by molar-refractivity contribution is 0.634. The number of anilines is 1. The topological polar surface area (TPSA) is 66.0 Å². The molecule has 15 heavy (non-hydrogen) atoms. The van der Waals surface area contributed by atoms with Crippen molar-refractivity contribution in [2.75, 3.05) is 18.5 Å². The van der Waals surface area contributed by atoms with E-state index in [2.05, 4.69) is 23.7 Å². The molecule has 0 aliphatic carbocycles. The molecule has 0 aliphatic rings. The molecule has 82 valence electrons. The molecule has 1 aromatic heterocycles. The zero-order chi connectivity index (χ0) is 11.4. The van der Waals surface area contributed by atoms with Gasteiger partial charge in [0.2, 0.25) is 0 Å². The molecule has 0 bridgehead atoms. The van der Waals surface area contributed by atoms with E-state index >= 15 is 0 Å². The minimum Gasteiger partial charge on any atom is -0.382 e. The van der Waals surface area contributed by atoms with Crippen LogP contribution >= 0.6 is 0 Å². The number of nitrogens with zero attached hydrogens (tertiary/aromatic N) is 2. The van der Waals surface area contributed by atoms with E-state index in [0.717, 1.165) is 12.4 Å². The molecule has 4 heteroatoms. The lowest BCUT2D eigenvalue weighted by Crippen LogP contribution is -2.24. The smallest absolute Gasteiger partial charge is 0.141 e. The van der Waals surface area contributed by atoms with Crippen molar-refractivity contribution < 1.29 is 0 Å². The summed E-state index contributed by atoms with van der Waals surface area (Å²) in [6.07, 6.45) is 0. The summed E-state index contributed by atoms with van der Waals surface area (Å²) in [5.74, 6) is 1.45. The Morgan fingerprint density at radius 3 is 2.73 bits per heavy atom. The maximum Gasteiger partial charge on any atom is 0.141 e. The van der Waals surface area contributed by atoms with Crippen molar-refractivity contribution in [2.24, 2.45) is 11.7 Å². The zero-order valence-electron chi connectivity index (χ0n) is 9.49. The lowest BCUT2D eigenvalue weighted by atomic mass is 10.2. The molecular formula is C11H18N4. The third-order valence-corrected chi connectivity index (χ3v) is 2.04. The van der Waals surface area contributed by atoms with Gasteiger partial charge in [-0.15, -0.1) is 0 Å². The number of amidine groups is 1. The molecule has 1 heterocycles. The van der Waals surface area contributed by atoms with Crippen LogP contribution in [-0.2, 0) is 0 Å². The average Bonchev–Trinajstić information content (AvgIpc) is 2.17. The quantitative estimate of drug-likeness (QED) is 0.579. The van der Waals surface area contributed by atoms with Crippen molar-refractivity contribution in [3.05, 3.63) is 23.9 Å². The Bertz CT molecular complexity index is 346. The van der Waals surface area contributed by atoms with E-state index in [1.54, 1.807) is 6.07 Å². The van der Waals surface area contributed by atoms with Crippen LogP contribution in [0.25, 0.3) is 0 Å². The second-order valence-electron chi connectivity index (χ2n) is 4.07. The van der Waals surface area contributed by atoms with Crippen molar-refractivity contribution in [2.45, 2.75) is 13.8 Å². The van der Waals surface area contributed by atoms with Crippen LogP contribution in [0.1, 0.15) is 19.5 Å². The molecule has 3 N–H and O–H groups in total. The highest BCUT2D eigenvalue weighted by Crippen LogP contribution is 2.11. The Kier molecular flexibility index (Phi) is 3.66. The van der Waals surface area contributed by atoms with Crippen molar-refractivity contribution in [1.29, 1.82) is 5.41 Å². The molecular weight excluding hydrogens is 188 g/mol. The Labute approximate surface area is 90.6 Å². The van der Waals surface area contributed by atoms with Crippen molar-refractivity contribution in [3.63, 3.8) is 0 Å². The Morgan fingerprint density at radius 1 is 1.53 bits per heavy atom. The highest BCUT2D eigenvalue weighted by atomic mass is 15.2. The largest absolute Gasteiger partial charge is 0.382 e. The second-order valence-corrected chi connectivity index (χ2v) is 4.07. The number of nitrogen functional groups attached to an aromatic ring is 1. The first-order valence-electron chi connectivity index (χ1n) is 5.03. The fourth-order valence-electron chi connectivity index (χ4n) is 1.43. The van der Waals surface area contributed by atoms with Gasteiger partial charge in [0.25, 0.3) is 0 Å². The fraction of sp³-hybridized carbons (Fsp3) is 0.455. The van der Waals surface area contributed by atoms with Gasteiger partial charge in [0, 0.05) is 13.6 Å². The predicted octanol–water partition coefficient (Wildman–Crippen LogP) is 1.46. The van der Waals surface area contributed by atoms with Crippen LogP contribution in [0.4, 0.5) is 5.82 Å². The van der Waals surface area contributed by atoms with E-state index in [1.165, 1.54) is 0 Å². The average molecular weight is 206 g/mol. The molecule has 0 aromatic carbocycles. The van der Waals surface area contributed by atoms with E-state index < -0.39 is 0 Å². The van der Waals surface area contributed by atoms with Gasteiger partial charge in [0.1, 0.15) is 17.3 Å². The van der Waals surface area contributed by atoms with Gasteiger partial charge in [-0.3, -0.25) is 5.41 Å². The zero-order valence-corrected chi connectivity index (χ0v) is 9.49. The third-order valence-electron chi connectivity index (χ3n) is 2.04. The Hall–Kier alpha value is -1.58. The summed E-state index contributed by atoms with van der Waals surface area (Å²) in [7, 11) is 1.99. The number of rotatable bonds is 4. The maximum absolute atomic E-state index is 7.31. The Balaban J connectivity index is 2.85. The van der Waals surface area contributed by atoms with Crippen molar-refractivity contribution >= 4 is 11.7 Å². The standard InChI is InChI=1S/C11H18N4/c1-8(2)7-15(3)10-6-4-5-9(14-10)11(12)13/h4-6,8H,7H2,1-3H3,(H3,12,13). The number of hydrogen-bond acceptors (Lipinski definition) is 3. The van der Waals surface area contributed by atoms with Gasteiger partial charge >= 0.3 is 0 Å². The number of pyridine rings is 1. The van der Waals surface area contributed by atoms with Crippen LogP contribution in [0, 0.1) is 11.3 Å². The summed E-state index contributed by atoms with van der Waals surface area (Å²) in [5.41, 5.74) is 5.92. The first-order chi connectivity index (χ1) is 7.00. The minimum atomic E-state index is 0.00907. The second kappa shape index (κ2) is 4.77. The van der Waals surface area contributed by atoms with Crippen LogP contribution in [0.15, 0.2) is 18.2 Å². The molecule has 0 saturated heterocycles. The van der Waals surface area contributed by atoms with E-state index in [1.807, 2.05) is 19.2 Å². The summed E-state index contributed by atoms with van der Waals surface area (Å²) in [4.78, 5) is 6.37. The van der Waals surface area contributed by atoms with Gasteiger partial charge in [0.15, 0.2) is 0 Å². The number of hydrogen-bond donors (Lipinski definition) is 2. The normalized spacial score (nSPS) is 10.4. The van der Waals surface area contributed by atoms with Gasteiger partial charge in [-0.05, 0) is 18.1 Å². The van der Waals surface area contributed by atoms with Crippen LogP contribution in [-0.4, -0.2) is 24.4 Å². The van der Waals surface area contributed by atoms with Crippen LogP contribution in [0.3, 0.4) is 0 Å². The molecule has 0 saturated carbocycles. The molecule has 0 spiro atoms. The molecule has 0 unspecified atom stereocenters. The maximum atomic E-state index is 7.31. The summed E-state index contributed by atoms with van der Waals surface area (Å²) in [5, 5.41) is 7.31. The van der Waals surface area contributed by atoms with Crippen LogP contribution in [0.2, 0.25) is 0 Å². The van der Waals surface area contributed by atoms with Crippen LogP contribution in [0.5, 0.6) is 0 Å². The van der Waals surface area contributed by atoms with E-state index in [-0.39, 0.29) is 5.84 Å². The number of aromatic nitrogens is 1. The highest BCUT2D eigenvalue weighted by Gasteiger charge is 2.06. The first-order valence-corrected chi connectivity index (χ1v) is 5.03. The fourth-order valence-corrected chi connectivity index (χ4v) is 1.43. The number of nitrogens with two attached hydrogens (primary N) is 1. The van der Waals surface area contributed by atoms with Gasteiger partial charge in [-0.2, -0.15) is 0 Å². The Morgan fingerprint density at radius 2 is 2.20 bits per heavy atom. The van der Waals surface area contributed by atoms with E-state index in [0.29, 0.717) is 11.6 Å². The van der Waals surface area contributed by atoms with Crippen molar-refractivity contribution in [1.82, 2.24) is 4.98 Å². The van der Waals surface area contributed by atoms with E-state index in [9.17, 15) is 0 Å². The van der Waals surface area contributed by atoms with Gasteiger partial charge < -0.3 is 10.6 Å². The van der Waals surface area contributed by atoms with Gasteiger partial charge in [-0.25, -0.2) is 4.98 Å². The first kappa shape index (κ1) is 11.5. The van der Waals surface area contributed by atoms with Crippen molar-refractivity contribution in [3.8, 4) is 0 Å². The molecule has 4 nitrogen and oxygen atoms in total. The minimum absolute atomic E-state index is 0.00907. The predicted molar refractivity (Wildman–Crippen MR) is 63.4 cm³/mol. The molecule has 0 fully saturated rings. The molecule has 1 rings (SSSR count). The molecule has 0 amide bonds. The molecule has 1 aromatic rings. The lowest BCUT2D eigenvalue weighted by Gasteiger charge is -2.20. The van der Waals surface area contributed by atoms with Gasteiger partial charge in [-0.1, -0.05) is 19.9 Å². The summed E-state index contributed by atoms with van der Waals surface area (Å²) in [6, 6.07) is 5.54. The summed E-state index contributed by atoms with van der Waals surface area (Å²) < 4.78 is 0. The number of nitrogens with one attached hydrogen (secondary N) is 1.